The normalized spacial score (nSPS) is 15.1. The zero-order valence-corrected chi connectivity index (χ0v) is 28.3. The molecule has 2 aliphatic heterocycles. The van der Waals surface area contributed by atoms with Crippen molar-refractivity contribution >= 4 is 40.1 Å². The number of hydrogen-bond acceptors (Lipinski definition) is 5. The van der Waals surface area contributed by atoms with Crippen molar-refractivity contribution in [2.45, 2.75) is 31.1 Å². The Balaban J connectivity index is 1.51. The molecule has 0 atom stereocenters. The van der Waals surface area contributed by atoms with E-state index >= 15 is 0 Å². The lowest BCUT2D eigenvalue weighted by molar-refractivity contribution is -0.123. The largest absolute Gasteiger partial charge is 0.456 e. The quantitative estimate of drug-likeness (QED) is 0.0659. The van der Waals surface area contributed by atoms with E-state index in [1.807, 2.05) is 32.2 Å². The van der Waals surface area contributed by atoms with Gasteiger partial charge in [-0.1, -0.05) is 62.6 Å². The van der Waals surface area contributed by atoms with Gasteiger partial charge in [-0.3, -0.25) is 4.79 Å². The monoisotopic (exact) mass is 640 g/mol. The lowest BCUT2D eigenvalue weighted by Crippen LogP contribution is -2.32. The highest BCUT2D eigenvalue weighted by Gasteiger charge is 2.26. The topological polar surface area (TPSA) is 39.7 Å². The highest BCUT2D eigenvalue weighted by atomic mass is 32.2. The van der Waals surface area contributed by atoms with Gasteiger partial charge in [-0.25, -0.2) is 4.31 Å². The molecule has 1 saturated heterocycles. The molecule has 6 rings (SSSR count). The molecule has 0 N–H and O–H groups in total. The Morgan fingerprint density at radius 3 is 2.43 bits per heavy atom. The number of allylic oxidation sites excluding steroid dienone is 3. The maximum Gasteiger partial charge on any atom is 0.209 e. The lowest BCUT2D eigenvalue weighted by atomic mass is 9.92. The number of nitrogens with zero attached hydrogens (tertiary/aromatic N) is 3. The number of carbonyl (C=O) groups is 1. The molecule has 3 aromatic carbocycles. The van der Waals surface area contributed by atoms with Crippen LogP contribution < -0.4 is 14.8 Å². The third-order valence-corrected chi connectivity index (χ3v) is 10.3. The molecule has 47 heavy (non-hydrogen) atoms. The third-order valence-electron chi connectivity index (χ3n) is 9.13. The van der Waals surface area contributed by atoms with E-state index in [1.54, 1.807) is 18.0 Å². The van der Waals surface area contributed by atoms with E-state index in [0.717, 1.165) is 76.2 Å². The number of benzene rings is 4. The zero-order valence-electron chi connectivity index (χ0n) is 27.5. The third kappa shape index (κ3) is 6.76. The first kappa shape index (κ1) is 32.3. The first-order valence-electron chi connectivity index (χ1n) is 16.3. The van der Waals surface area contributed by atoms with Crippen molar-refractivity contribution in [3.63, 3.8) is 0 Å². The van der Waals surface area contributed by atoms with Gasteiger partial charge in [0, 0.05) is 89.5 Å². The number of fused-ring (bicyclic) bond motifs is 2. The molecule has 1 fully saturated rings. The van der Waals surface area contributed by atoms with Crippen LogP contribution in [0.3, 0.4) is 0 Å². The minimum absolute atomic E-state index is 0.189. The Labute approximate surface area is 282 Å². The van der Waals surface area contributed by atoms with Crippen molar-refractivity contribution in [2.75, 3.05) is 32.1 Å². The van der Waals surface area contributed by atoms with Gasteiger partial charge < -0.3 is 9.32 Å². The van der Waals surface area contributed by atoms with Gasteiger partial charge in [0.1, 0.15) is 24.2 Å². The summed E-state index contributed by atoms with van der Waals surface area (Å²) in [5, 5.41) is 2.05. The number of carbonyl (C=O) groups excluding carboxylic acids is 1. The number of anilines is 2. The SMILES string of the molecule is C=C/C=C(\C=C)[N+](C)=c1ccc2c(-c3ccccc3SN3CCC(C(=O)CC)CC3)c3ccc(N(C)c4ccccc4)cc3oc-2c1. The molecule has 3 aliphatic rings. The summed E-state index contributed by atoms with van der Waals surface area (Å²) >= 11 is 1.80. The summed E-state index contributed by atoms with van der Waals surface area (Å²) in [6, 6.07) is 31.9. The van der Waals surface area contributed by atoms with E-state index in [9.17, 15) is 4.79 Å². The van der Waals surface area contributed by atoms with Gasteiger partial charge in [0.15, 0.2) is 0 Å². The average molecular weight is 641 g/mol. The van der Waals surface area contributed by atoms with Gasteiger partial charge in [0.05, 0.1) is 6.07 Å². The number of para-hydroxylation sites is 1. The smallest absolute Gasteiger partial charge is 0.209 e. The van der Waals surface area contributed by atoms with Crippen LogP contribution in [0.1, 0.15) is 26.2 Å². The Hall–Kier alpha value is -4.65. The van der Waals surface area contributed by atoms with Crippen LogP contribution in [0.4, 0.5) is 11.4 Å². The molecule has 2 heterocycles. The number of piperidine rings is 1. The van der Waals surface area contributed by atoms with Crippen LogP contribution in [0.25, 0.3) is 33.4 Å². The second-order valence-corrected chi connectivity index (χ2v) is 13.1. The summed E-state index contributed by atoms with van der Waals surface area (Å²) in [7, 11) is 4.10. The molecule has 238 valence electrons. The standard InChI is InChI=1S/C41H42N3O2S/c1-6-14-30(7-2)42(4)32-19-21-34-38(27-32)46-39-28-33(43(5)31-15-10-9-11-16-31)20-22-35(39)41(34)36-17-12-13-18-40(36)47-44-25-23-29(24-26-44)37(45)8-3/h6-7,9-22,27-29H,1-2,8,23-26H2,3-5H3/q+1/b30-14+. The van der Waals surface area contributed by atoms with E-state index in [1.165, 1.54) is 10.5 Å². The molecule has 5 nitrogen and oxygen atoms in total. The summed E-state index contributed by atoms with van der Waals surface area (Å²) in [6.07, 6.45) is 8.00. The molecule has 0 saturated carbocycles. The van der Waals surface area contributed by atoms with Crippen molar-refractivity contribution in [3.05, 3.63) is 133 Å². The van der Waals surface area contributed by atoms with Crippen molar-refractivity contribution < 1.29 is 9.21 Å². The molecule has 0 bridgehead atoms. The van der Waals surface area contributed by atoms with Crippen LogP contribution in [0.5, 0.6) is 0 Å². The molecule has 0 amide bonds. The summed E-state index contributed by atoms with van der Waals surface area (Å²) in [5.41, 5.74) is 7.27. The van der Waals surface area contributed by atoms with E-state index in [4.69, 9.17) is 4.42 Å². The molecular weight excluding hydrogens is 599 g/mol. The van der Waals surface area contributed by atoms with Crippen LogP contribution in [-0.4, -0.2) is 37.3 Å². The molecule has 6 heteroatoms. The summed E-state index contributed by atoms with van der Waals surface area (Å²) < 4.78 is 11.3. The van der Waals surface area contributed by atoms with Crippen molar-refractivity contribution in [1.29, 1.82) is 0 Å². The van der Waals surface area contributed by atoms with E-state index in [0.29, 0.717) is 12.2 Å². The summed E-state index contributed by atoms with van der Waals surface area (Å²) in [6.45, 7) is 11.6. The minimum atomic E-state index is 0.189. The predicted octanol–water partition coefficient (Wildman–Crippen LogP) is 9.33. The maximum atomic E-state index is 12.4. The van der Waals surface area contributed by atoms with E-state index < -0.39 is 0 Å². The van der Waals surface area contributed by atoms with Gasteiger partial charge >= 0.3 is 0 Å². The Bertz CT molecular complexity index is 2000. The van der Waals surface area contributed by atoms with Gasteiger partial charge in [-0.05, 0) is 66.8 Å². The molecule has 0 spiro atoms. The minimum Gasteiger partial charge on any atom is -0.456 e. The number of likely N-dealkylation sites (N-methyl/N-ethyl adjacent to an activating group) is 1. The van der Waals surface area contributed by atoms with Crippen LogP contribution in [0, 0.1) is 5.92 Å². The fourth-order valence-corrected chi connectivity index (χ4v) is 7.49. The molecule has 0 aromatic heterocycles. The lowest BCUT2D eigenvalue weighted by Gasteiger charge is -2.30. The van der Waals surface area contributed by atoms with Crippen molar-refractivity contribution in [2.24, 2.45) is 5.92 Å². The van der Waals surface area contributed by atoms with E-state index in [-0.39, 0.29) is 5.92 Å². The number of Topliss-reactive ketones (excluding diaryl/α,β-unsaturated/α-hetero) is 1. The van der Waals surface area contributed by atoms with Gasteiger partial charge in [-0.15, -0.1) is 0 Å². The Morgan fingerprint density at radius 1 is 0.957 bits per heavy atom. The molecule has 3 aromatic rings. The van der Waals surface area contributed by atoms with Crippen LogP contribution in [0.2, 0.25) is 0 Å². The first-order chi connectivity index (χ1) is 22.9. The fourth-order valence-electron chi connectivity index (χ4n) is 6.41. The number of rotatable bonds is 10. The molecule has 1 aliphatic carbocycles. The van der Waals surface area contributed by atoms with Crippen molar-refractivity contribution in [1.82, 2.24) is 8.88 Å². The summed E-state index contributed by atoms with van der Waals surface area (Å²) in [4.78, 5) is 15.7. The maximum absolute atomic E-state index is 12.4. The van der Waals surface area contributed by atoms with Crippen LogP contribution in [0.15, 0.2) is 137 Å². The number of ketones is 1. The average Bonchev–Trinajstić information content (AvgIpc) is 3.12. The van der Waals surface area contributed by atoms with Gasteiger partial charge in [0.2, 0.25) is 11.1 Å². The van der Waals surface area contributed by atoms with Crippen LogP contribution >= 0.6 is 11.9 Å². The van der Waals surface area contributed by atoms with Crippen LogP contribution in [-0.2, 0) is 4.79 Å². The van der Waals surface area contributed by atoms with Crippen molar-refractivity contribution in [3.8, 4) is 22.5 Å². The van der Waals surface area contributed by atoms with Gasteiger partial charge in [0.25, 0.3) is 0 Å². The fraction of sp³-hybridized carbons (Fsp3) is 0.220. The number of hydrogen-bond donors (Lipinski definition) is 0. The first-order valence-corrected chi connectivity index (χ1v) is 17.1. The molecule has 0 unspecified atom stereocenters. The second kappa shape index (κ2) is 14.4. The van der Waals surface area contributed by atoms with Gasteiger partial charge in [-0.2, -0.15) is 4.58 Å². The van der Waals surface area contributed by atoms with E-state index in [2.05, 4.69) is 119 Å². The highest BCUT2D eigenvalue weighted by molar-refractivity contribution is 7.97. The second-order valence-electron chi connectivity index (χ2n) is 11.9. The predicted molar refractivity (Wildman–Crippen MR) is 198 cm³/mol. The Kier molecular flexibility index (Phi) is 9.90. The Morgan fingerprint density at radius 2 is 1.70 bits per heavy atom. The molecular formula is C41H42N3O2S+. The summed E-state index contributed by atoms with van der Waals surface area (Å²) in [5.74, 6) is 1.38. The zero-order chi connectivity index (χ0) is 32.9. The molecule has 0 radical (unpaired) electrons. The highest BCUT2D eigenvalue weighted by Crippen LogP contribution is 2.45.